The highest BCUT2D eigenvalue weighted by Gasteiger charge is 2.14. The quantitative estimate of drug-likeness (QED) is 0.606. The Bertz CT molecular complexity index is 1000. The van der Waals surface area contributed by atoms with E-state index in [0.29, 0.717) is 23.8 Å². The van der Waals surface area contributed by atoms with E-state index < -0.39 is 0 Å². The molecule has 1 heterocycles. The number of aryl methyl sites for hydroxylation is 1. The molecule has 0 fully saturated rings. The Labute approximate surface area is 174 Å². The average molecular weight is 413 g/mol. The fraction of sp³-hybridized carbons (Fsp3) is 0.273. The van der Waals surface area contributed by atoms with Gasteiger partial charge in [-0.2, -0.15) is 0 Å². The van der Waals surface area contributed by atoms with E-state index in [1.165, 1.54) is 5.56 Å². The number of hydrogen-bond acceptors (Lipinski definition) is 6. The van der Waals surface area contributed by atoms with Gasteiger partial charge in [0.15, 0.2) is 11.5 Å². The maximum atomic E-state index is 12.4. The molecule has 0 aliphatic heterocycles. The molecule has 0 spiro atoms. The topological polar surface area (TPSA) is 69.7 Å². The van der Waals surface area contributed by atoms with Crippen LogP contribution >= 0.6 is 11.3 Å². The van der Waals surface area contributed by atoms with Crippen molar-refractivity contribution in [2.75, 3.05) is 21.3 Å². The molecular formula is C22H24N2O4S. The predicted molar refractivity (Wildman–Crippen MR) is 114 cm³/mol. The van der Waals surface area contributed by atoms with Gasteiger partial charge >= 0.3 is 0 Å². The second-order valence-corrected chi connectivity index (χ2v) is 7.34. The fourth-order valence-electron chi connectivity index (χ4n) is 2.95. The molecule has 29 heavy (non-hydrogen) atoms. The average Bonchev–Trinajstić information content (AvgIpc) is 3.20. The minimum absolute atomic E-state index is 0.108. The van der Waals surface area contributed by atoms with Crippen molar-refractivity contribution in [1.82, 2.24) is 10.3 Å². The molecule has 0 aliphatic rings. The van der Waals surface area contributed by atoms with Crippen molar-refractivity contribution in [2.45, 2.75) is 19.9 Å². The van der Waals surface area contributed by atoms with Crippen LogP contribution in [0.15, 0.2) is 41.8 Å². The summed E-state index contributed by atoms with van der Waals surface area (Å²) in [5, 5.41) is 5.76. The van der Waals surface area contributed by atoms with Gasteiger partial charge in [0.1, 0.15) is 10.8 Å². The Morgan fingerprint density at radius 2 is 1.76 bits per heavy atom. The molecule has 1 amide bonds. The van der Waals surface area contributed by atoms with Gasteiger partial charge in [0.2, 0.25) is 5.91 Å². The minimum Gasteiger partial charge on any atom is -0.496 e. The number of aromatic nitrogens is 1. The molecule has 0 bridgehead atoms. The number of rotatable bonds is 8. The van der Waals surface area contributed by atoms with Gasteiger partial charge in [0.25, 0.3) is 0 Å². The van der Waals surface area contributed by atoms with Crippen LogP contribution in [0.2, 0.25) is 0 Å². The van der Waals surface area contributed by atoms with Crippen LogP contribution in [0.4, 0.5) is 0 Å². The number of hydrogen-bond donors (Lipinski definition) is 1. The van der Waals surface area contributed by atoms with Crippen LogP contribution < -0.4 is 19.5 Å². The second-order valence-electron chi connectivity index (χ2n) is 6.49. The number of thiazole rings is 1. The number of nitrogens with zero attached hydrogens (tertiary/aromatic N) is 1. The Balaban J connectivity index is 1.65. The standard InChI is InChI=1S/C22H24N2O4S/c1-14-6-5-7-15(8-14)22-24-17(13-29-22)10-21(25)23-12-16-9-19(27-3)20(28-4)11-18(16)26-2/h5-9,11,13H,10,12H2,1-4H3,(H,23,25). The molecule has 0 saturated heterocycles. The molecule has 0 unspecified atom stereocenters. The molecular weight excluding hydrogens is 388 g/mol. The first-order valence-electron chi connectivity index (χ1n) is 9.11. The van der Waals surface area contributed by atoms with E-state index in [1.54, 1.807) is 44.8 Å². The summed E-state index contributed by atoms with van der Waals surface area (Å²) in [4.78, 5) is 17.0. The van der Waals surface area contributed by atoms with E-state index >= 15 is 0 Å². The molecule has 0 atom stereocenters. The third-order valence-corrected chi connectivity index (χ3v) is 5.36. The number of nitrogens with one attached hydrogen (secondary N) is 1. The molecule has 3 rings (SSSR count). The lowest BCUT2D eigenvalue weighted by Crippen LogP contribution is -2.25. The van der Waals surface area contributed by atoms with Gasteiger partial charge in [0, 0.05) is 29.1 Å². The van der Waals surface area contributed by atoms with Crippen molar-refractivity contribution in [3.8, 4) is 27.8 Å². The largest absolute Gasteiger partial charge is 0.496 e. The lowest BCUT2D eigenvalue weighted by atomic mass is 10.1. The molecule has 6 nitrogen and oxygen atoms in total. The molecule has 152 valence electrons. The SMILES string of the molecule is COc1cc(OC)c(OC)cc1CNC(=O)Cc1csc(-c2cccc(C)c2)n1. The molecule has 2 aromatic carbocycles. The van der Waals surface area contributed by atoms with Gasteiger partial charge in [-0.1, -0.05) is 23.8 Å². The van der Waals surface area contributed by atoms with Gasteiger partial charge in [-0.05, 0) is 19.1 Å². The molecule has 0 saturated carbocycles. The van der Waals surface area contributed by atoms with Crippen LogP contribution in [-0.2, 0) is 17.8 Å². The van der Waals surface area contributed by atoms with E-state index in [4.69, 9.17) is 14.2 Å². The highest BCUT2D eigenvalue weighted by atomic mass is 32.1. The summed E-state index contributed by atoms with van der Waals surface area (Å²) in [5.41, 5.74) is 3.80. The van der Waals surface area contributed by atoms with Crippen molar-refractivity contribution < 1.29 is 19.0 Å². The van der Waals surface area contributed by atoms with E-state index in [9.17, 15) is 4.79 Å². The maximum absolute atomic E-state index is 12.4. The summed E-state index contributed by atoms with van der Waals surface area (Å²) in [7, 11) is 4.72. The van der Waals surface area contributed by atoms with Crippen molar-refractivity contribution >= 4 is 17.2 Å². The highest BCUT2D eigenvalue weighted by Crippen LogP contribution is 2.34. The minimum atomic E-state index is -0.108. The first-order valence-corrected chi connectivity index (χ1v) is 9.99. The van der Waals surface area contributed by atoms with E-state index in [1.807, 2.05) is 30.5 Å². The van der Waals surface area contributed by atoms with Crippen molar-refractivity contribution in [1.29, 1.82) is 0 Å². The number of ether oxygens (including phenoxy) is 3. The first kappa shape index (κ1) is 20.7. The summed E-state index contributed by atoms with van der Waals surface area (Å²) in [6.07, 6.45) is 0.220. The van der Waals surface area contributed by atoms with Crippen LogP contribution in [0.1, 0.15) is 16.8 Å². The summed E-state index contributed by atoms with van der Waals surface area (Å²) in [6, 6.07) is 11.7. The maximum Gasteiger partial charge on any atom is 0.226 e. The second kappa shape index (κ2) is 9.43. The fourth-order valence-corrected chi connectivity index (χ4v) is 3.77. The summed E-state index contributed by atoms with van der Waals surface area (Å²) < 4.78 is 16.0. The Morgan fingerprint density at radius 3 is 2.45 bits per heavy atom. The van der Waals surface area contributed by atoms with Crippen LogP contribution in [-0.4, -0.2) is 32.2 Å². The lowest BCUT2D eigenvalue weighted by Gasteiger charge is -2.14. The third-order valence-electron chi connectivity index (χ3n) is 4.42. The van der Waals surface area contributed by atoms with Crippen LogP contribution in [0, 0.1) is 6.92 Å². The predicted octanol–water partition coefficient (Wildman–Crippen LogP) is 4.00. The lowest BCUT2D eigenvalue weighted by molar-refractivity contribution is -0.120. The molecule has 3 aromatic rings. The summed E-state index contributed by atoms with van der Waals surface area (Å²) in [6.45, 7) is 2.37. The third kappa shape index (κ3) is 5.06. The summed E-state index contributed by atoms with van der Waals surface area (Å²) in [5.74, 6) is 1.67. The van der Waals surface area contributed by atoms with Gasteiger partial charge < -0.3 is 19.5 Å². The number of carbonyl (C=O) groups is 1. The zero-order valence-electron chi connectivity index (χ0n) is 16.9. The monoisotopic (exact) mass is 412 g/mol. The normalized spacial score (nSPS) is 10.5. The Morgan fingerprint density at radius 1 is 1.03 bits per heavy atom. The Hall–Kier alpha value is -3.06. The molecule has 1 N–H and O–H groups in total. The van der Waals surface area contributed by atoms with Crippen LogP contribution in [0.3, 0.4) is 0 Å². The van der Waals surface area contributed by atoms with E-state index in [0.717, 1.165) is 21.8 Å². The number of methoxy groups -OCH3 is 3. The number of benzene rings is 2. The first-order chi connectivity index (χ1) is 14.0. The highest BCUT2D eigenvalue weighted by molar-refractivity contribution is 7.13. The smallest absolute Gasteiger partial charge is 0.226 e. The van der Waals surface area contributed by atoms with Crippen LogP contribution in [0.5, 0.6) is 17.2 Å². The zero-order valence-corrected chi connectivity index (χ0v) is 17.8. The molecule has 7 heteroatoms. The van der Waals surface area contributed by atoms with E-state index in [-0.39, 0.29) is 12.3 Å². The Kier molecular flexibility index (Phi) is 6.72. The van der Waals surface area contributed by atoms with Gasteiger partial charge in [0.05, 0.1) is 33.4 Å². The molecule has 0 radical (unpaired) electrons. The number of amides is 1. The summed E-state index contributed by atoms with van der Waals surface area (Å²) >= 11 is 1.54. The van der Waals surface area contributed by atoms with Gasteiger partial charge in [-0.3, -0.25) is 4.79 Å². The van der Waals surface area contributed by atoms with Gasteiger partial charge in [-0.25, -0.2) is 4.98 Å². The van der Waals surface area contributed by atoms with Crippen molar-refractivity contribution in [2.24, 2.45) is 0 Å². The van der Waals surface area contributed by atoms with Crippen molar-refractivity contribution in [3.63, 3.8) is 0 Å². The van der Waals surface area contributed by atoms with Crippen molar-refractivity contribution in [3.05, 3.63) is 58.6 Å². The molecule has 1 aromatic heterocycles. The number of carbonyl (C=O) groups excluding carboxylic acids is 1. The zero-order chi connectivity index (χ0) is 20.8. The molecule has 0 aliphatic carbocycles. The van der Waals surface area contributed by atoms with E-state index in [2.05, 4.69) is 16.4 Å². The van der Waals surface area contributed by atoms with Gasteiger partial charge in [-0.15, -0.1) is 11.3 Å². The van der Waals surface area contributed by atoms with Crippen LogP contribution in [0.25, 0.3) is 10.6 Å².